The van der Waals surface area contributed by atoms with Gasteiger partial charge in [-0.15, -0.1) is 0 Å². The molecule has 1 N–H and O–H groups in total. The van der Waals surface area contributed by atoms with Crippen molar-refractivity contribution in [1.82, 2.24) is 20.2 Å². The first-order valence-electron chi connectivity index (χ1n) is 14.0. The third-order valence-corrected chi connectivity index (χ3v) is 7.54. The van der Waals surface area contributed by atoms with Crippen molar-refractivity contribution in [3.8, 4) is 0 Å². The predicted molar refractivity (Wildman–Crippen MR) is 144 cm³/mol. The van der Waals surface area contributed by atoms with Crippen molar-refractivity contribution in [1.29, 1.82) is 0 Å². The number of aromatic nitrogens is 2. The van der Waals surface area contributed by atoms with Crippen molar-refractivity contribution in [3.63, 3.8) is 0 Å². The summed E-state index contributed by atoms with van der Waals surface area (Å²) in [6.07, 6.45) is -6.86. The number of piperazine rings is 1. The smallest absolute Gasteiger partial charge is 0.356 e. The monoisotopic (exact) mass is 600 g/mol. The number of hydrogen-bond acceptors (Lipinski definition) is 6. The van der Waals surface area contributed by atoms with Crippen LogP contribution in [0.5, 0.6) is 0 Å². The second-order valence-electron chi connectivity index (χ2n) is 10.5. The second-order valence-corrected chi connectivity index (χ2v) is 10.5. The Morgan fingerprint density at radius 2 is 1.55 bits per heavy atom. The Morgan fingerprint density at radius 3 is 2.14 bits per heavy atom. The van der Waals surface area contributed by atoms with Crippen LogP contribution in [0, 0.1) is 5.92 Å². The normalized spacial score (nSPS) is 18.3. The molecule has 3 heterocycles. The van der Waals surface area contributed by atoms with E-state index in [4.69, 9.17) is 0 Å². The maximum absolute atomic E-state index is 13.8. The van der Waals surface area contributed by atoms with Gasteiger partial charge in [0.05, 0.1) is 5.56 Å². The van der Waals surface area contributed by atoms with Gasteiger partial charge in [0.1, 0.15) is 17.4 Å². The highest BCUT2D eigenvalue weighted by molar-refractivity contribution is 5.82. The number of urea groups is 1. The Balaban J connectivity index is 1.39. The number of nitrogens with one attached hydrogen (secondary N) is 1. The van der Waals surface area contributed by atoms with Gasteiger partial charge in [-0.05, 0) is 50.3 Å². The largest absolute Gasteiger partial charge is 0.451 e. The Hall–Kier alpha value is -3.58. The summed E-state index contributed by atoms with van der Waals surface area (Å²) in [5, 5.41) is 2.71. The van der Waals surface area contributed by atoms with Crippen molar-refractivity contribution in [2.75, 3.05) is 55.6 Å². The number of benzene rings is 1. The zero-order valence-corrected chi connectivity index (χ0v) is 23.3. The third kappa shape index (κ3) is 8.03. The van der Waals surface area contributed by atoms with E-state index in [1.165, 1.54) is 18.2 Å². The summed E-state index contributed by atoms with van der Waals surface area (Å²) in [6.45, 7) is 4.22. The van der Waals surface area contributed by atoms with Gasteiger partial charge in [-0.3, -0.25) is 4.79 Å². The van der Waals surface area contributed by atoms with Gasteiger partial charge in [-0.25, -0.2) is 14.8 Å². The average Bonchev–Trinajstić information content (AvgIpc) is 2.96. The quantitative estimate of drug-likeness (QED) is 0.421. The van der Waals surface area contributed by atoms with Crippen molar-refractivity contribution >= 4 is 23.5 Å². The zero-order chi connectivity index (χ0) is 30.5. The highest BCUT2D eigenvalue weighted by Gasteiger charge is 2.37. The van der Waals surface area contributed by atoms with Crippen LogP contribution in [0.3, 0.4) is 0 Å². The van der Waals surface area contributed by atoms with E-state index in [-0.39, 0.29) is 42.3 Å². The zero-order valence-electron chi connectivity index (χ0n) is 23.3. The molecule has 42 heavy (non-hydrogen) atoms. The van der Waals surface area contributed by atoms with E-state index in [0.29, 0.717) is 70.5 Å². The molecule has 1 aromatic heterocycles. The second kappa shape index (κ2) is 13.2. The van der Waals surface area contributed by atoms with Crippen LogP contribution in [0.25, 0.3) is 0 Å². The Kier molecular flexibility index (Phi) is 9.82. The van der Waals surface area contributed by atoms with Crippen LogP contribution < -0.4 is 15.1 Å². The van der Waals surface area contributed by atoms with Crippen LogP contribution in [-0.2, 0) is 23.6 Å². The molecule has 2 aliphatic rings. The van der Waals surface area contributed by atoms with Gasteiger partial charge in [-0.1, -0.05) is 12.1 Å². The number of carbonyl (C=O) groups excluding carboxylic acids is 2. The molecule has 2 fully saturated rings. The molecule has 2 aromatic rings. The van der Waals surface area contributed by atoms with Crippen LogP contribution in [-0.4, -0.2) is 72.5 Å². The summed E-state index contributed by atoms with van der Waals surface area (Å²) in [5.41, 5.74) is -0.0334. The number of piperidine rings is 1. The number of alkyl halides is 6. The van der Waals surface area contributed by atoms with E-state index in [1.54, 1.807) is 21.6 Å². The summed E-state index contributed by atoms with van der Waals surface area (Å²) in [7, 11) is 0. The van der Waals surface area contributed by atoms with E-state index in [2.05, 4.69) is 15.3 Å². The van der Waals surface area contributed by atoms with E-state index >= 15 is 0 Å². The topological polar surface area (TPSA) is 81.7 Å². The number of ketones is 1. The molecule has 2 saturated heterocycles. The van der Waals surface area contributed by atoms with Crippen molar-refractivity contribution in [2.45, 2.75) is 51.4 Å². The lowest BCUT2D eigenvalue weighted by Crippen LogP contribution is -2.52. The number of halogens is 6. The maximum atomic E-state index is 13.8. The van der Waals surface area contributed by atoms with Gasteiger partial charge in [0.2, 0.25) is 5.82 Å². The number of carbonyl (C=O) groups is 2. The molecule has 0 radical (unpaired) electrons. The van der Waals surface area contributed by atoms with Gasteiger partial charge >= 0.3 is 18.4 Å². The average molecular weight is 601 g/mol. The number of aryl methyl sites for hydroxylation is 1. The lowest BCUT2D eigenvalue weighted by molar-refractivity contribution is -0.145. The lowest BCUT2D eigenvalue weighted by atomic mass is 9.90. The minimum absolute atomic E-state index is 0.0292. The Labute approximate surface area is 240 Å². The summed E-state index contributed by atoms with van der Waals surface area (Å²) in [4.78, 5) is 37.7. The van der Waals surface area contributed by atoms with Crippen LogP contribution in [0.15, 0.2) is 30.3 Å². The molecule has 1 atom stereocenters. The third-order valence-electron chi connectivity index (χ3n) is 7.54. The highest BCUT2D eigenvalue weighted by Crippen LogP contribution is 2.33. The number of nitrogens with zero attached hydrogens (tertiary/aromatic N) is 5. The van der Waals surface area contributed by atoms with Gasteiger partial charge in [-0.2, -0.15) is 26.3 Å². The lowest BCUT2D eigenvalue weighted by Gasteiger charge is -2.37. The standard InChI is InChI=1S/C28H34F6N6O2/c1-2-35-26(42)39-15-13-38(14-16-39)23-17-24(37-25(36-23)28(32,33)34)40-12-4-6-20(18-40)22(41)7-3-5-19-8-10-21(11-9-19)27(29,30)31/h8-11,17,20H,2-7,12-16,18H2,1H3,(H,35,42)/t20-/m1/s1. The number of Topliss-reactive ketones (excluding diaryl/α,β-unsaturated/α-hetero) is 1. The fourth-order valence-corrected chi connectivity index (χ4v) is 5.25. The fourth-order valence-electron chi connectivity index (χ4n) is 5.25. The van der Waals surface area contributed by atoms with Crippen molar-refractivity contribution in [2.24, 2.45) is 5.92 Å². The minimum Gasteiger partial charge on any atom is -0.356 e. The van der Waals surface area contributed by atoms with Crippen molar-refractivity contribution in [3.05, 3.63) is 47.3 Å². The van der Waals surface area contributed by atoms with Crippen molar-refractivity contribution < 1.29 is 35.9 Å². The van der Waals surface area contributed by atoms with E-state index in [9.17, 15) is 35.9 Å². The fraction of sp³-hybridized carbons (Fsp3) is 0.571. The van der Waals surface area contributed by atoms with E-state index in [0.717, 1.165) is 12.1 Å². The highest BCUT2D eigenvalue weighted by atomic mass is 19.4. The number of amides is 2. The summed E-state index contributed by atoms with van der Waals surface area (Å²) in [6, 6.07) is 6.13. The molecule has 0 saturated carbocycles. The Morgan fingerprint density at radius 1 is 0.905 bits per heavy atom. The van der Waals surface area contributed by atoms with Gasteiger partial charge in [0, 0.05) is 64.2 Å². The molecule has 14 heteroatoms. The summed E-state index contributed by atoms with van der Waals surface area (Å²) in [5.74, 6) is -1.46. The molecule has 8 nitrogen and oxygen atoms in total. The molecule has 230 valence electrons. The van der Waals surface area contributed by atoms with Crippen LogP contribution in [0.4, 0.5) is 42.8 Å². The van der Waals surface area contributed by atoms with Crippen LogP contribution >= 0.6 is 0 Å². The van der Waals surface area contributed by atoms with E-state index < -0.39 is 23.7 Å². The first-order chi connectivity index (χ1) is 19.8. The molecule has 0 aliphatic carbocycles. The van der Waals surface area contributed by atoms with E-state index in [1.807, 2.05) is 0 Å². The minimum atomic E-state index is -4.77. The van der Waals surface area contributed by atoms with Gasteiger partial charge < -0.3 is 20.0 Å². The predicted octanol–water partition coefficient (Wildman–Crippen LogP) is 5.17. The summed E-state index contributed by atoms with van der Waals surface area (Å²) < 4.78 is 79.6. The Bertz CT molecular complexity index is 1230. The maximum Gasteiger partial charge on any atom is 0.451 e. The molecule has 4 rings (SSSR count). The number of rotatable bonds is 8. The number of hydrogen-bond donors (Lipinski definition) is 1. The first kappa shape index (κ1) is 31.4. The first-order valence-corrected chi connectivity index (χ1v) is 14.0. The molecule has 0 bridgehead atoms. The molecule has 2 amide bonds. The number of anilines is 2. The molecule has 0 spiro atoms. The molecular formula is C28H34F6N6O2. The van der Waals surface area contributed by atoms with Gasteiger partial charge in [0.25, 0.3) is 0 Å². The van der Waals surface area contributed by atoms with Crippen LogP contribution in [0.1, 0.15) is 49.6 Å². The van der Waals surface area contributed by atoms with Crippen LogP contribution in [0.2, 0.25) is 0 Å². The SMILES string of the molecule is CCNC(=O)N1CCN(c2cc(N3CCC[C@@H](C(=O)CCCc4ccc(C(F)(F)F)cc4)C3)nc(C(F)(F)F)n2)CC1. The van der Waals surface area contributed by atoms with Gasteiger partial charge in [0.15, 0.2) is 0 Å². The molecule has 1 aromatic carbocycles. The molecular weight excluding hydrogens is 566 g/mol. The molecule has 0 unspecified atom stereocenters. The summed E-state index contributed by atoms with van der Waals surface area (Å²) >= 11 is 0. The molecule has 2 aliphatic heterocycles.